The third-order valence-corrected chi connectivity index (χ3v) is 3.14. The Balaban J connectivity index is 2.28. The van der Waals surface area contributed by atoms with E-state index < -0.39 is 6.17 Å². The lowest BCUT2D eigenvalue weighted by molar-refractivity contribution is 0.308. The predicted molar refractivity (Wildman–Crippen MR) is 53.2 cm³/mol. The first-order valence-electron chi connectivity index (χ1n) is 5.29. The molecule has 0 aromatic carbocycles. The van der Waals surface area contributed by atoms with Crippen molar-refractivity contribution in [1.29, 1.82) is 0 Å². The molecule has 0 heterocycles. The van der Waals surface area contributed by atoms with Gasteiger partial charge in [-0.1, -0.05) is 26.0 Å². The molecular weight excluding hydrogens is 163 g/mol. The van der Waals surface area contributed by atoms with Crippen LogP contribution in [0.2, 0.25) is 0 Å². The zero-order valence-corrected chi connectivity index (χ0v) is 8.39. The van der Waals surface area contributed by atoms with E-state index in [0.29, 0.717) is 5.92 Å². The third-order valence-electron chi connectivity index (χ3n) is 3.14. The molecule has 0 amide bonds. The maximum atomic E-state index is 13.8. The Morgan fingerprint density at radius 3 is 2.69 bits per heavy atom. The highest BCUT2D eigenvalue weighted by Crippen LogP contribution is 2.43. The van der Waals surface area contributed by atoms with E-state index in [-0.39, 0.29) is 5.92 Å². The van der Waals surface area contributed by atoms with Gasteiger partial charge in [-0.3, -0.25) is 0 Å². The Bertz CT molecular complexity index is 258. The van der Waals surface area contributed by atoms with Crippen molar-refractivity contribution in [2.45, 2.75) is 39.3 Å². The fourth-order valence-electron chi connectivity index (χ4n) is 2.13. The minimum absolute atomic E-state index is 0.0810. The van der Waals surface area contributed by atoms with Gasteiger partial charge in [0.15, 0.2) is 0 Å². The molecule has 1 saturated carbocycles. The van der Waals surface area contributed by atoms with Crippen molar-refractivity contribution in [1.82, 2.24) is 0 Å². The molecule has 0 saturated heterocycles. The molecule has 2 aliphatic rings. The van der Waals surface area contributed by atoms with E-state index in [1.165, 1.54) is 18.4 Å². The third kappa shape index (κ3) is 1.56. The maximum Gasteiger partial charge on any atom is 0.128 e. The van der Waals surface area contributed by atoms with Gasteiger partial charge in [0, 0.05) is 5.92 Å². The first-order valence-corrected chi connectivity index (χ1v) is 5.29. The summed E-state index contributed by atoms with van der Waals surface area (Å²) in [5.41, 5.74) is 2.38. The number of hydrogen-bond donors (Lipinski definition) is 0. The van der Waals surface area contributed by atoms with Crippen LogP contribution < -0.4 is 0 Å². The maximum absolute atomic E-state index is 13.8. The minimum atomic E-state index is -0.717. The molecule has 1 fully saturated rings. The van der Waals surface area contributed by atoms with Gasteiger partial charge in [0.1, 0.15) is 6.17 Å². The van der Waals surface area contributed by atoms with Crippen LogP contribution in [-0.2, 0) is 0 Å². The van der Waals surface area contributed by atoms with Gasteiger partial charge in [0.25, 0.3) is 0 Å². The lowest BCUT2D eigenvalue weighted by Gasteiger charge is -2.23. The lowest BCUT2D eigenvalue weighted by atomic mass is 9.86. The number of rotatable bonds is 2. The first kappa shape index (κ1) is 8.98. The molecule has 0 N–H and O–H groups in total. The quantitative estimate of drug-likeness (QED) is 0.608. The van der Waals surface area contributed by atoms with Gasteiger partial charge < -0.3 is 0 Å². The molecule has 0 spiro atoms. The number of alkyl halides is 1. The molecule has 0 bridgehead atoms. The average Bonchev–Trinajstić information content (AvgIpc) is 2.92. The van der Waals surface area contributed by atoms with Crippen molar-refractivity contribution in [2.24, 2.45) is 11.8 Å². The highest BCUT2D eigenvalue weighted by Gasteiger charge is 2.32. The minimum Gasteiger partial charge on any atom is -0.242 e. The number of hydrogen-bond acceptors (Lipinski definition) is 0. The van der Waals surface area contributed by atoms with Crippen LogP contribution in [0, 0.1) is 11.8 Å². The molecule has 72 valence electrons. The van der Waals surface area contributed by atoms with Crippen LogP contribution in [0.25, 0.3) is 0 Å². The van der Waals surface area contributed by atoms with E-state index >= 15 is 0 Å². The summed E-state index contributed by atoms with van der Waals surface area (Å²) in [6.07, 6.45) is 6.89. The Labute approximate surface area is 79.5 Å². The zero-order valence-electron chi connectivity index (χ0n) is 8.39. The van der Waals surface area contributed by atoms with Crippen molar-refractivity contribution in [3.63, 3.8) is 0 Å². The average molecular weight is 180 g/mol. The zero-order chi connectivity index (χ0) is 9.42. The van der Waals surface area contributed by atoms with Gasteiger partial charge in [-0.05, 0) is 36.3 Å². The van der Waals surface area contributed by atoms with Crippen molar-refractivity contribution in [3.8, 4) is 0 Å². The second-order valence-corrected chi connectivity index (χ2v) is 4.23. The normalized spacial score (nSPS) is 34.1. The Morgan fingerprint density at radius 2 is 2.15 bits per heavy atom. The second-order valence-electron chi connectivity index (χ2n) is 4.23. The Kier molecular flexibility index (Phi) is 2.27. The number of halogens is 1. The second kappa shape index (κ2) is 3.28. The fourth-order valence-corrected chi connectivity index (χ4v) is 2.13. The van der Waals surface area contributed by atoms with Gasteiger partial charge >= 0.3 is 0 Å². The van der Waals surface area contributed by atoms with E-state index in [1.54, 1.807) is 0 Å². The van der Waals surface area contributed by atoms with Crippen molar-refractivity contribution < 1.29 is 4.39 Å². The van der Waals surface area contributed by atoms with Crippen molar-refractivity contribution >= 4 is 0 Å². The van der Waals surface area contributed by atoms with Gasteiger partial charge in [-0.15, -0.1) is 0 Å². The molecule has 2 aliphatic carbocycles. The van der Waals surface area contributed by atoms with Crippen LogP contribution >= 0.6 is 0 Å². The molecule has 2 rings (SSSR count). The van der Waals surface area contributed by atoms with Crippen LogP contribution in [0.4, 0.5) is 4.39 Å². The van der Waals surface area contributed by atoms with Crippen LogP contribution in [0.1, 0.15) is 33.1 Å². The van der Waals surface area contributed by atoms with Crippen molar-refractivity contribution in [3.05, 3.63) is 23.3 Å². The van der Waals surface area contributed by atoms with E-state index in [0.717, 1.165) is 12.0 Å². The lowest BCUT2D eigenvalue weighted by Crippen LogP contribution is -2.18. The van der Waals surface area contributed by atoms with Crippen LogP contribution in [-0.4, -0.2) is 6.17 Å². The van der Waals surface area contributed by atoms with Crippen molar-refractivity contribution in [2.75, 3.05) is 0 Å². The van der Waals surface area contributed by atoms with Crippen LogP contribution in [0.15, 0.2) is 23.3 Å². The van der Waals surface area contributed by atoms with E-state index in [1.807, 2.05) is 13.0 Å². The highest BCUT2D eigenvalue weighted by atomic mass is 19.1. The Morgan fingerprint density at radius 1 is 1.46 bits per heavy atom. The summed E-state index contributed by atoms with van der Waals surface area (Å²) in [4.78, 5) is 0. The smallest absolute Gasteiger partial charge is 0.128 e. The fraction of sp³-hybridized carbons (Fsp3) is 0.667. The molecule has 13 heavy (non-hydrogen) atoms. The molecule has 0 radical (unpaired) electrons. The largest absolute Gasteiger partial charge is 0.242 e. The standard InChI is InChI=1S/C12H17F/c1-3-10-11(9-5-6-9)7-4-8(2)12(10)13/h4,7-9,12H,3,5-6H2,1-2H3. The van der Waals surface area contributed by atoms with Crippen LogP contribution in [0.3, 0.4) is 0 Å². The Hall–Kier alpha value is -0.590. The molecule has 2 atom stereocenters. The summed E-state index contributed by atoms with van der Waals surface area (Å²) in [6.45, 7) is 4.02. The number of allylic oxidation sites excluding steroid dienone is 4. The SMILES string of the molecule is CCC1=C(C2CC2)C=CC(C)C1F. The van der Waals surface area contributed by atoms with E-state index in [4.69, 9.17) is 0 Å². The predicted octanol–water partition coefficient (Wildman–Crippen LogP) is 3.65. The topological polar surface area (TPSA) is 0 Å². The highest BCUT2D eigenvalue weighted by molar-refractivity contribution is 5.37. The monoisotopic (exact) mass is 180 g/mol. The van der Waals surface area contributed by atoms with E-state index in [9.17, 15) is 4.39 Å². The molecule has 0 nitrogen and oxygen atoms in total. The summed E-state index contributed by atoms with van der Waals surface area (Å²) < 4.78 is 13.8. The van der Waals surface area contributed by atoms with E-state index in [2.05, 4.69) is 13.0 Å². The molecule has 2 unspecified atom stereocenters. The molecule has 1 heteroatoms. The van der Waals surface area contributed by atoms with Gasteiger partial charge in [-0.2, -0.15) is 0 Å². The summed E-state index contributed by atoms with van der Waals surface area (Å²) in [6, 6.07) is 0. The van der Waals surface area contributed by atoms with Gasteiger partial charge in [0.2, 0.25) is 0 Å². The van der Waals surface area contributed by atoms with Crippen LogP contribution in [0.5, 0.6) is 0 Å². The molecule has 0 aromatic heterocycles. The summed E-state index contributed by atoms with van der Waals surface area (Å²) >= 11 is 0. The molecule has 0 aliphatic heterocycles. The first-order chi connectivity index (χ1) is 6.24. The van der Waals surface area contributed by atoms with Gasteiger partial charge in [-0.25, -0.2) is 4.39 Å². The summed E-state index contributed by atoms with van der Waals surface area (Å²) in [7, 11) is 0. The molecular formula is C12H17F. The summed E-state index contributed by atoms with van der Waals surface area (Å²) in [5.74, 6) is 0.773. The summed E-state index contributed by atoms with van der Waals surface area (Å²) in [5, 5.41) is 0. The van der Waals surface area contributed by atoms with Gasteiger partial charge in [0.05, 0.1) is 0 Å². The molecule has 0 aromatic rings.